The van der Waals surface area contributed by atoms with Crippen molar-refractivity contribution in [2.75, 3.05) is 0 Å². The van der Waals surface area contributed by atoms with Gasteiger partial charge in [0.1, 0.15) is 0 Å². The van der Waals surface area contributed by atoms with Gasteiger partial charge in [0.15, 0.2) is 11.2 Å². The van der Waals surface area contributed by atoms with Crippen LogP contribution in [0.5, 0.6) is 0 Å². The Morgan fingerprint density at radius 1 is 0.774 bits per heavy atom. The number of nitrogens with zero attached hydrogens (tertiary/aromatic N) is 5. The third-order valence-corrected chi connectivity index (χ3v) is 5.96. The summed E-state index contributed by atoms with van der Waals surface area (Å²) in [5.74, 6) is 0.602. The molecule has 0 amide bonds. The van der Waals surface area contributed by atoms with E-state index in [2.05, 4.69) is 47.9 Å². The molecule has 0 aliphatic carbocycles. The third-order valence-electron chi connectivity index (χ3n) is 5.96. The first-order chi connectivity index (χ1) is 14.8. The molecule has 3 heterocycles. The molecule has 156 valence electrons. The summed E-state index contributed by atoms with van der Waals surface area (Å²) >= 11 is 0. The van der Waals surface area contributed by atoms with Crippen molar-refractivity contribution in [3.05, 3.63) is 86.2 Å². The molecular weight excluding hydrogens is 390 g/mol. The van der Waals surface area contributed by atoms with Crippen LogP contribution in [0.1, 0.15) is 16.8 Å². The van der Waals surface area contributed by atoms with Crippen LogP contribution >= 0.6 is 0 Å². The van der Waals surface area contributed by atoms with Crippen LogP contribution in [0.4, 0.5) is 0 Å². The number of benzene rings is 2. The molecule has 31 heavy (non-hydrogen) atoms. The number of hydrogen-bond donors (Lipinski definition) is 0. The maximum Gasteiger partial charge on any atom is 0.332 e. The molecule has 0 N–H and O–H groups in total. The molecule has 5 aromatic rings. The Hall–Kier alpha value is -3.87. The minimum Gasteiger partial charge on any atom is -0.279 e. The van der Waals surface area contributed by atoms with Gasteiger partial charge in [0.25, 0.3) is 5.56 Å². The second-order valence-corrected chi connectivity index (χ2v) is 8.10. The van der Waals surface area contributed by atoms with Gasteiger partial charge in [-0.15, -0.1) is 0 Å². The molecule has 2 aromatic carbocycles. The zero-order valence-electron chi connectivity index (χ0n) is 18.2. The maximum atomic E-state index is 13.1. The van der Waals surface area contributed by atoms with Gasteiger partial charge in [0, 0.05) is 31.0 Å². The van der Waals surface area contributed by atoms with Crippen LogP contribution in [-0.4, -0.2) is 23.1 Å². The van der Waals surface area contributed by atoms with Crippen molar-refractivity contribution in [1.29, 1.82) is 0 Å². The second-order valence-electron chi connectivity index (χ2n) is 8.10. The monoisotopic (exact) mass is 413 g/mol. The number of hydrogen-bond acceptors (Lipinski definition) is 3. The standard InChI is InChI=1S/C24H23N5O2/c1-14-6-10-17(11-7-14)19-16(3)28-20-21(26(4)24(31)27(5)22(20)30)25-23(28)29(19)18-12-8-15(2)9-13-18/h6-13H,1-5H3. The van der Waals surface area contributed by atoms with Crippen LogP contribution in [0.25, 0.3) is 33.9 Å². The smallest absolute Gasteiger partial charge is 0.279 e. The van der Waals surface area contributed by atoms with Crippen LogP contribution in [0, 0.1) is 20.8 Å². The van der Waals surface area contributed by atoms with Gasteiger partial charge in [0.05, 0.1) is 5.69 Å². The Morgan fingerprint density at radius 3 is 1.97 bits per heavy atom. The van der Waals surface area contributed by atoms with Crippen molar-refractivity contribution >= 4 is 16.9 Å². The van der Waals surface area contributed by atoms with Crippen molar-refractivity contribution < 1.29 is 0 Å². The number of aryl methyl sites for hydroxylation is 4. The molecule has 3 aromatic heterocycles. The molecule has 0 aliphatic heterocycles. The molecule has 5 rings (SSSR count). The molecule has 0 unspecified atom stereocenters. The molecule has 0 saturated carbocycles. The number of fused-ring (bicyclic) bond motifs is 3. The van der Waals surface area contributed by atoms with Gasteiger partial charge < -0.3 is 0 Å². The Morgan fingerprint density at radius 2 is 1.35 bits per heavy atom. The largest absolute Gasteiger partial charge is 0.332 e. The first-order valence-electron chi connectivity index (χ1n) is 10.1. The summed E-state index contributed by atoms with van der Waals surface area (Å²) in [6, 6.07) is 16.5. The molecule has 0 atom stereocenters. The summed E-state index contributed by atoms with van der Waals surface area (Å²) in [5.41, 5.74) is 6.18. The minimum atomic E-state index is -0.392. The summed E-state index contributed by atoms with van der Waals surface area (Å²) in [7, 11) is 3.14. The van der Waals surface area contributed by atoms with E-state index in [-0.39, 0.29) is 5.56 Å². The normalized spacial score (nSPS) is 11.6. The zero-order valence-corrected chi connectivity index (χ0v) is 18.2. The molecule has 0 aliphatic rings. The molecule has 0 bridgehead atoms. The minimum absolute atomic E-state index is 0.356. The summed E-state index contributed by atoms with van der Waals surface area (Å²) in [4.78, 5) is 30.3. The highest BCUT2D eigenvalue weighted by molar-refractivity contribution is 5.81. The van der Waals surface area contributed by atoms with Gasteiger partial charge >= 0.3 is 5.69 Å². The van der Waals surface area contributed by atoms with Crippen LogP contribution in [0.3, 0.4) is 0 Å². The highest BCUT2D eigenvalue weighted by atomic mass is 16.2. The molecule has 7 nitrogen and oxygen atoms in total. The lowest BCUT2D eigenvalue weighted by Gasteiger charge is -2.11. The summed E-state index contributed by atoms with van der Waals surface area (Å²) < 4.78 is 6.48. The molecule has 0 spiro atoms. The van der Waals surface area contributed by atoms with Gasteiger partial charge in [-0.05, 0) is 32.9 Å². The second kappa shape index (κ2) is 6.57. The molecule has 0 fully saturated rings. The Kier molecular flexibility index (Phi) is 4.05. The molecule has 7 heteroatoms. The van der Waals surface area contributed by atoms with Crippen molar-refractivity contribution in [2.45, 2.75) is 20.8 Å². The van der Waals surface area contributed by atoms with Gasteiger partial charge in [-0.1, -0.05) is 47.5 Å². The van der Waals surface area contributed by atoms with Crippen LogP contribution < -0.4 is 11.2 Å². The van der Waals surface area contributed by atoms with Crippen molar-refractivity contribution in [2.24, 2.45) is 14.1 Å². The van der Waals surface area contributed by atoms with E-state index in [4.69, 9.17) is 4.98 Å². The third kappa shape index (κ3) is 2.63. The predicted molar refractivity (Wildman–Crippen MR) is 122 cm³/mol. The van der Waals surface area contributed by atoms with E-state index in [1.165, 1.54) is 17.2 Å². The van der Waals surface area contributed by atoms with Gasteiger partial charge in [-0.25, -0.2) is 4.79 Å². The fraction of sp³-hybridized carbons (Fsp3) is 0.208. The average Bonchev–Trinajstić information content (AvgIpc) is 3.28. The van der Waals surface area contributed by atoms with E-state index >= 15 is 0 Å². The Labute approximate surface area is 178 Å². The van der Waals surface area contributed by atoms with Crippen molar-refractivity contribution in [3.8, 4) is 16.9 Å². The SMILES string of the molecule is Cc1ccc(-c2c(C)n3c4c(=O)n(C)c(=O)n(C)c4nc3n2-c2ccc(C)cc2)cc1. The van der Waals surface area contributed by atoms with E-state index in [0.717, 1.165) is 32.8 Å². The van der Waals surface area contributed by atoms with Crippen LogP contribution in [0.2, 0.25) is 0 Å². The summed E-state index contributed by atoms with van der Waals surface area (Å²) in [5, 5.41) is 0. The fourth-order valence-electron chi connectivity index (χ4n) is 4.21. The molecule has 0 saturated heterocycles. The number of imidazole rings is 2. The zero-order chi connectivity index (χ0) is 22.0. The lowest BCUT2D eigenvalue weighted by Crippen LogP contribution is -2.37. The fourth-order valence-corrected chi connectivity index (χ4v) is 4.21. The Balaban J connectivity index is 2.01. The number of aromatic nitrogens is 5. The first kappa shape index (κ1) is 19.1. The van der Waals surface area contributed by atoms with E-state index in [0.29, 0.717) is 16.9 Å². The maximum absolute atomic E-state index is 13.1. The first-order valence-corrected chi connectivity index (χ1v) is 10.1. The number of rotatable bonds is 2. The average molecular weight is 413 g/mol. The topological polar surface area (TPSA) is 66.2 Å². The van der Waals surface area contributed by atoms with Gasteiger partial charge in [0.2, 0.25) is 5.78 Å². The molecular formula is C24H23N5O2. The van der Waals surface area contributed by atoms with Crippen molar-refractivity contribution in [1.82, 2.24) is 23.1 Å². The van der Waals surface area contributed by atoms with E-state index in [1.807, 2.05) is 30.4 Å². The summed E-state index contributed by atoms with van der Waals surface area (Å²) in [6.45, 7) is 6.09. The Bertz CT molecular complexity index is 1590. The van der Waals surface area contributed by atoms with Crippen LogP contribution in [0.15, 0.2) is 58.1 Å². The van der Waals surface area contributed by atoms with E-state index in [9.17, 15) is 9.59 Å². The van der Waals surface area contributed by atoms with Crippen molar-refractivity contribution in [3.63, 3.8) is 0 Å². The summed E-state index contributed by atoms with van der Waals surface area (Å²) in [6.07, 6.45) is 0. The highest BCUT2D eigenvalue weighted by Gasteiger charge is 2.24. The lowest BCUT2D eigenvalue weighted by atomic mass is 10.1. The quantitative estimate of drug-likeness (QED) is 0.446. The van der Waals surface area contributed by atoms with E-state index < -0.39 is 5.69 Å². The lowest BCUT2D eigenvalue weighted by molar-refractivity contribution is 0.707. The van der Waals surface area contributed by atoms with Gasteiger partial charge in [-0.2, -0.15) is 4.98 Å². The van der Waals surface area contributed by atoms with E-state index in [1.54, 1.807) is 7.05 Å². The van der Waals surface area contributed by atoms with Gasteiger partial charge in [-0.3, -0.25) is 22.9 Å². The molecule has 0 radical (unpaired) electrons. The predicted octanol–water partition coefficient (Wildman–Crippen LogP) is 3.27. The highest BCUT2D eigenvalue weighted by Crippen LogP contribution is 2.32. The van der Waals surface area contributed by atoms with Crippen LogP contribution in [-0.2, 0) is 14.1 Å².